The molecule has 1 aliphatic rings. The van der Waals surface area contributed by atoms with Crippen LogP contribution in [0.1, 0.15) is 12.2 Å². The average molecular weight is 266 g/mol. The van der Waals surface area contributed by atoms with E-state index >= 15 is 0 Å². The predicted molar refractivity (Wildman–Crippen MR) is 76.6 cm³/mol. The summed E-state index contributed by atoms with van der Waals surface area (Å²) in [4.78, 5) is 9.15. The van der Waals surface area contributed by atoms with Crippen molar-refractivity contribution in [1.29, 1.82) is 0 Å². The van der Waals surface area contributed by atoms with Crippen molar-refractivity contribution in [1.82, 2.24) is 24.8 Å². The van der Waals surface area contributed by atoms with Crippen molar-refractivity contribution in [2.24, 2.45) is 12.9 Å². The molecule has 1 aromatic heterocycles. The Balaban J connectivity index is 1.93. The van der Waals surface area contributed by atoms with Crippen molar-refractivity contribution in [3.63, 3.8) is 0 Å². The molecule has 1 saturated heterocycles. The van der Waals surface area contributed by atoms with Gasteiger partial charge < -0.3 is 9.47 Å². The number of imidazole rings is 1. The number of aromatic nitrogens is 2. The van der Waals surface area contributed by atoms with E-state index in [0.29, 0.717) is 12.1 Å². The van der Waals surface area contributed by atoms with Gasteiger partial charge in [0, 0.05) is 57.6 Å². The van der Waals surface area contributed by atoms with Crippen LogP contribution in [0.4, 0.5) is 0 Å². The lowest BCUT2D eigenvalue weighted by Gasteiger charge is -2.41. The molecule has 108 valence electrons. The van der Waals surface area contributed by atoms with E-state index in [0.717, 1.165) is 38.3 Å². The minimum absolute atomic E-state index is 0.296. The molecule has 19 heavy (non-hydrogen) atoms. The van der Waals surface area contributed by atoms with Gasteiger partial charge in [0.2, 0.25) is 0 Å². The second kappa shape index (κ2) is 6.47. The second-order valence-corrected chi connectivity index (χ2v) is 5.58. The Morgan fingerprint density at radius 2 is 2.21 bits per heavy atom. The van der Waals surface area contributed by atoms with Gasteiger partial charge in [0.15, 0.2) is 0 Å². The number of nitrogens with one attached hydrogen (secondary N) is 1. The van der Waals surface area contributed by atoms with Crippen molar-refractivity contribution < 1.29 is 0 Å². The van der Waals surface area contributed by atoms with E-state index in [-0.39, 0.29) is 0 Å². The van der Waals surface area contributed by atoms with Crippen molar-refractivity contribution in [2.45, 2.75) is 24.9 Å². The van der Waals surface area contributed by atoms with Crippen LogP contribution < -0.4 is 11.3 Å². The standard InChI is InChI=1S/C13H26N6/c1-17-8-9-18(2)12(10-17)11(16-14)4-5-13-15-6-7-19(13)3/h6-7,11-12,16H,4-5,8-10,14H2,1-3H3. The minimum Gasteiger partial charge on any atom is -0.338 e. The zero-order chi connectivity index (χ0) is 13.8. The maximum atomic E-state index is 5.77. The molecular formula is C13H26N6. The highest BCUT2D eigenvalue weighted by Gasteiger charge is 2.29. The zero-order valence-electron chi connectivity index (χ0n) is 12.2. The first kappa shape index (κ1) is 14.5. The Kier molecular flexibility index (Phi) is 4.93. The molecule has 3 N–H and O–H groups in total. The van der Waals surface area contributed by atoms with E-state index in [2.05, 4.69) is 38.9 Å². The van der Waals surface area contributed by atoms with E-state index in [9.17, 15) is 0 Å². The SMILES string of the molecule is CN1CCN(C)C(C(CCc2nccn2C)NN)C1. The molecule has 2 rings (SSSR count). The van der Waals surface area contributed by atoms with Crippen molar-refractivity contribution in [3.05, 3.63) is 18.2 Å². The van der Waals surface area contributed by atoms with Crippen LogP contribution in [0.15, 0.2) is 12.4 Å². The smallest absolute Gasteiger partial charge is 0.108 e. The quantitative estimate of drug-likeness (QED) is 0.552. The third-order valence-corrected chi connectivity index (χ3v) is 4.18. The molecule has 1 fully saturated rings. The molecule has 0 amide bonds. The van der Waals surface area contributed by atoms with Gasteiger partial charge in [-0.05, 0) is 20.5 Å². The molecule has 0 spiro atoms. The van der Waals surface area contributed by atoms with E-state index in [1.807, 2.05) is 19.4 Å². The van der Waals surface area contributed by atoms with Crippen molar-refractivity contribution >= 4 is 0 Å². The van der Waals surface area contributed by atoms with Gasteiger partial charge in [-0.25, -0.2) is 4.98 Å². The largest absolute Gasteiger partial charge is 0.338 e. The third-order valence-electron chi connectivity index (χ3n) is 4.18. The van der Waals surface area contributed by atoms with E-state index < -0.39 is 0 Å². The highest BCUT2D eigenvalue weighted by Crippen LogP contribution is 2.14. The van der Waals surface area contributed by atoms with Crippen LogP contribution in [0.25, 0.3) is 0 Å². The summed E-state index contributed by atoms with van der Waals surface area (Å²) in [6.45, 7) is 3.29. The summed E-state index contributed by atoms with van der Waals surface area (Å²) >= 11 is 0. The first-order valence-corrected chi connectivity index (χ1v) is 6.93. The van der Waals surface area contributed by atoms with Gasteiger partial charge in [0.1, 0.15) is 5.82 Å². The molecule has 6 heteroatoms. The zero-order valence-corrected chi connectivity index (χ0v) is 12.2. The van der Waals surface area contributed by atoms with Gasteiger partial charge >= 0.3 is 0 Å². The van der Waals surface area contributed by atoms with Crippen molar-refractivity contribution in [2.75, 3.05) is 33.7 Å². The molecule has 0 saturated carbocycles. The fourth-order valence-corrected chi connectivity index (χ4v) is 2.79. The maximum absolute atomic E-state index is 5.77. The van der Waals surface area contributed by atoms with Gasteiger partial charge in [-0.3, -0.25) is 16.2 Å². The van der Waals surface area contributed by atoms with E-state index in [1.54, 1.807) is 0 Å². The Labute approximate surface area is 115 Å². The molecular weight excluding hydrogens is 240 g/mol. The first-order valence-electron chi connectivity index (χ1n) is 6.93. The van der Waals surface area contributed by atoms with Gasteiger partial charge in [0.25, 0.3) is 0 Å². The first-order chi connectivity index (χ1) is 9.11. The van der Waals surface area contributed by atoms with Crippen LogP contribution in [0.5, 0.6) is 0 Å². The number of aryl methyl sites for hydroxylation is 2. The summed E-state index contributed by atoms with van der Waals surface area (Å²) in [6.07, 6.45) is 5.79. The molecule has 2 unspecified atom stereocenters. The second-order valence-electron chi connectivity index (χ2n) is 5.58. The number of piperazine rings is 1. The molecule has 2 heterocycles. The summed E-state index contributed by atoms with van der Waals surface area (Å²) in [5, 5.41) is 0. The van der Waals surface area contributed by atoms with Crippen LogP contribution in [0.3, 0.4) is 0 Å². The Morgan fingerprint density at radius 3 is 2.84 bits per heavy atom. The molecule has 0 aromatic carbocycles. The van der Waals surface area contributed by atoms with Crippen LogP contribution in [0.2, 0.25) is 0 Å². The molecule has 1 aromatic rings. The maximum Gasteiger partial charge on any atom is 0.108 e. The van der Waals surface area contributed by atoms with Gasteiger partial charge in [-0.1, -0.05) is 0 Å². The lowest BCUT2D eigenvalue weighted by molar-refractivity contribution is 0.0852. The lowest BCUT2D eigenvalue weighted by Crippen LogP contribution is -2.60. The third kappa shape index (κ3) is 3.54. The fraction of sp³-hybridized carbons (Fsp3) is 0.769. The number of rotatable bonds is 5. The van der Waals surface area contributed by atoms with Crippen LogP contribution >= 0.6 is 0 Å². The van der Waals surface area contributed by atoms with Gasteiger partial charge in [-0.15, -0.1) is 0 Å². The van der Waals surface area contributed by atoms with E-state index in [1.165, 1.54) is 0 Å². The molecule has 1 aliphatic heterocycles. The number of nitrogens with zero attached hydrogens (tertiary/aromatic N) is 4. The number of likely N-dealkylation sites (N-methyl/N-ethyl adjacent to an activating group) is 2. The molecule has 0 aliphatic carbocycles. The molecule has 0 radical (unpaired) electrons. The topological polar surface area (TPSA) is 62.3 Å². The van der Waals surface area contributed by atoms with Gasteiger partial charge in [-0.2, -0.15) is 0 Å². The number of hydrazine groups is 1. The molecule has 2 atom stereocenters. The Hall–Kier alpha value is -0.950. The van der Waals surface area contributed by atoms with Crippen LogP contribution in [-0.4, -0.2) is 65.2 Å². The molecule has 0 bridgehead atoms. The Morgan fingerprint density at radius 1 is 1.42 bits per heavy atom. The number of nitrogens with two attached hydrogens (primary N) is 1. The van der Waals surface area contributed by atoms with Gasteiger partial charge in [0.05, 0.1) is 0 Å². The van der Waals surface area contributed by atoms with Crippen LogP contribution in [0, 0.1) is 0 Å². The van der Waals surface area contributed by atoms with Crippen LogP contribution in [-0.2, 0) is 13.5 Å². The fourth-order valence-electron chi connectivity index (χ4n) is 2.79. The van der Waals surface area contributed by atoms with Crippen molar-refractivity contribution in [3.8, 4) is 0 Å². The summed E-state index contributed by atoms with van der Waals surface area (Å²) in [6, 6.07) is 0.758. The average Bonchev–Trinajstić information content (AvgIpc) is 2.80. The molecule has 6 nitrogen and oxygen atoms in total. The number of hydrogen-bond donors (Lipinski definition) is 2. The summed E-state index contributed by atoms with van der Waals surface area (Å²) in [5.41, 5.74) is 3.00. The highest BCUT2D eigenvalue weighted by atomic mass is 15.3. The number of hydrogen-bond acceptors (Lipinski definition) is 5. The lowest BCUT2D eigenvalue weighted by atomic mass is 9.99. The summed E-state index contributed by atoms with van der Waals surface area (Å²) < 4.78 is 2.07. The highest BCUT2D eigenvalue weighted by molar-refractivity contribution is 4.95. The predicted octanol–water partition coefficient (Wildman–Crippen LogP) is -0.570. The Bertz CT molecular complexity index is 390. The summed E-state index contributed by atoms with van der Waals surface area (Å²) in [7, 11) is 6.39. The minimum atomic E-state index is 0.296. The normalized spacial score (nSPS) is 23.7. The monoisotopic (exact) mass is 266 g/mol. The van der Waals surface area contributed by atoms with E-state index in [4.69, 9.17) is 5.84 Å². The summed E-state index contributed by atoms with van der Waals surface area (Å²) in [5.74, 6) is 6.88.